The smallest absolute Gasteiger partial charge is 0.123 e. The number of hydrogen-bond donors (Lipinski definition) is 2. The van der Waals surface area contributed by atoms with Crippen molar-refractivity contribution < 1.29 is 9.13 Å². The molecule has 1 aliphatic carbocycles. The van der Waals surface area contributed by atoms with Crippen LogP contribution in [0.4, 0.5) is 4.39 Å². The van der Waals surface area contributed by atoms with E-state index in [-0.39, 0.29) is 11.9 Å². The van der Waals surface area contributed by atoms with Crippen LogP contribution in [0.3, 0.4) is 0 Å². The number of hydrogen-bond acceptors (Lipinski definition) is 3. The normalized spacial score (nSPS) is 20.2. The molecule has 3 nitrogen and oxygen atoms in total. The van der Waals surface area contributed by atoms with Crippen LogP contribution in [0.1, 0.15) is 43.7 Å². The second kappa shape index (κ2) is 6.18. The molecule has 2 rings (SSSR count). The van der Waals surface area contributed by atoms with Crippen molar-refractivity contribution in [1.82, 2.24) is 5.43 Å². The maximum atomic E-state index is 13.5. The maximum absolute atomic E-state index is 13.5. The Labute approximate surface area is 118 Å². The first-order valence-electron chi connectivity index (χ1n) is 6.59. The van der Waals surface area contributed by atoms with Crippen LogP contribution >= 0.6 is 11.6 Å². The van der Waals surface area contributed by atoms with E-state index in [0.717, 1.165) is 25.7 Å². The van der Waals surface area contributed by atoms with Crippen LogP contribution in [0.5, 0.6) is 0 Å². The first-order valence-corrected chi connectivity index (χ1v) is 6.97. The second-order valence-corrected chi connectivity index (χ2v) is 5.50. The lowest BCUT2D eigenvalue weighted by atomic mass is 9.77. The third-order valence-corrected chi connectivity index (χ3v) is 4.41. The minimum atomic E-state index is -0.412. The third kappa shape index (κ3) is 2.92. The van der Waals surface area contributed by atoms with E-state index in [9.17, 15) is 4.39 Å². The Balaban J connectivity index is 2.39. The number of nitrogens with two attached hydrogens (primary N) is 1. The molecular weight excluding hydrogens is 267 g/mol. The van der Waals surface area contributed by atoms with Gasteiger partial charge in [-0.2, -0.15) is 0 Å². The molecule has 1 atom stereocenters. The maximum Gasteiger partial charge on any atom is 0.123 e. The Kier molecular flexibility index (Phi) is 4.79. The summed E-state index contributed by atoms with van der Waals surface area (Å²) in [5.74, 6) is 5.39. The SMILES string of the molecule is COC1(C(NN)c2cc(F)ccc2Cl)CCCCC1. The number of halogens is 2. The number of methoxy groups -OCH3 is 1. The molecule has 0 radical (unpaired) electrons. The Morgan fingerprint density at radius 2 is 2.05 bits per heavy atom. The van der Waals surface area contributed by atoms with Gasteiger partial charge >= 0.3 is 0 Å². The van der Waals surface area contributed by atoms with Crippen LogP contribution in [0.15, 0.2) is 18.2 Å². The van der Waals surface area contributed by atoms with E-state index in [1.54, 1.807) is 13.2 Å². The van der Waals surface area contributed by atoms with Crippen molar-refractivity contribution in [2.45, 2.75) is 43.7 Å². The van der Waals surface area contributed by atoms with E-state index in [1.165, 1.54) is 18.6 Å². The summed E-state index contributed by atoms with van der Waals surface area (Å²) in [4.78, 5) is 0. The van der Waals surface area contributed by atoms with Crippen molar-refractivity contribution in [2.75, 3.05) is 7.11 Å². The minimum Gasteiger partial charge on any atom is -0.376 e. The number of ether oxygens (including phenoxy) is 1. The molecule has 0 aliphatic heterocycles. The van der Waals surface area contributed by atoms with E-state index in [4.69, 9.17) is 22.2 Å². The summed E-state index contributed by atoms with van der Waals surface area (Å²) >= 11 is 6.19. The number of hydrazine groups is 1. The summed E-state index contributed by atoms with van der Waals surface area (Å²) in [6, 6.07) is 4.03. The monoisotopic (exact) mass is 286 g/mol. The van der Waals surface area contributed by atoms with E-state index >= 15 is 0 Å². The first kappa shape index (κ1) is 14.7. The van der Waals surface area contributed by atoms with Gasteiger partial charge in [0.1, 0.15) is 5.82 Å². The lowest BCUT2D eigenvalue weighted by Crippen LogP contribution is -2.49. The molecule has 1 aliphatic rings. The number of rotatable bonds is 4. The molecule has 1 aromatic carbocycles. The zero-order chi connectivity index (χ0) is 13.9. The predicted molar refractivity (Wildman–Crippen MR) is 74.3 cm³/mol. The largest absolute Gasteiger partial charge is 0.376 e. The zero-order valence-corrected chi connectivity index (χ0v) is 11.8. The van der Waals surface area contributed by atoms with Crippen molar-refractivity contribution in [3.8, 4) is 0 Å². The Morgan fingerprint density at radius 3 is 2.63 bits per heavy atom. The Morgan fingerprint density at radius 1 is 1.37 bits per heavy atom. The molecule has 0 saturated heterocycles. The van der Waals surface area contributed by atoms with Crippen LogP contribution in [0.2, 0.25) is 5.02 Å². The zero-order valence-electron chi connectivity index (χ0n) is 11.1. The highest BCUT2D eigenvalue weighted by Gasteiger charge is 2.41. The molecule has 3 N–H and O–H groups in total. The molecule has 106 valence electrons. The van der Waals surface area contributed by atoms with Gasteiger partial charge in [0.25, 0.3) is 0 Å². The highest BCUT2D eigenvalue weighted by atomic mass is 35.5. The molecule has 1 unspecified atom stereocenters. The molecule has 1 saturated carbocycles. The number of nitrogens with one attached hydrogen (secondary N) is 1. The van der Waals surface area contributed by atoms with Gasteiger partial charge in [-0.3, -0.25) is 11.3 Å². The van der Waals surface area contributed by atoms with Crippen molar-refractivity contribution >= 4 is 11.6 Å². The lowest BCUT2D eigenvalue weighted by molar-refractivity contribution is -0.0688. The van der Waals surface area contributed by atoms with Gasteiger partial charge in [-0.05, 0) is 36.6 Å². The van der Waals surface area contributed by atoms with Gasteiger partial charge in [0.05, 0.1) is 11.6 Å². The van der Waals surface area contributed by atoms with Gasteiger partial charge in [0, 0.05) is 12.1 Å². The summed E-state index contributed by atoms with van der Waals surface area (Å²) in [6.07, 6.45) is 5.15. The van der Waals surface area contributed by atoms with Crippen LogP contribution in [-0.2, 0) is 4.74 Å². The molecule has 0 spiro atoms. The van der Waals surface area contributed by atoms with E-state index in [2.05, 4.69) is 5.43 Å². The van der Waals surface area contributed by atoms with Crippen LogP contribution in [0.25, 0.3) is 0 Å². The molecule has 0 heterocycles. The average molecular weight is 287 g/mol. The molecule has 1 aromatic rings. The average Bonchev–Trinajstić information content (AvgIpc) is 2.44. The predicted octanol–water partition coefficient (Wildman–Crippen LogP) is 3.33. The van der Waals surface area contributed by atoms with E-state index < -0.39 is 5.60 Å². The summed E-state index contributed by atoms with van der Waals surface area (Å²) in [5, 5.41) is 0.506. The Bertz CT molecular complexity index is 435. The van der Waals surface area contributed by atoms with Crippen molar-refractivity contribution in [1.29, 1.82) is 0 Å². The molecule has 0 aromatic heterocycles. The molecule has 19 heavy (non-hydrogen) atoms. The van der Waals surface area contributed by atoms with Crippen molar-refractivity contribution in [3.05, 3.63) is 34.6 Å². The second-order valence-electron chi connectivity index (χ2n) is 5.10. The van der Waals surface area contributed by atoms with Gasteiger partial charge in [-0.1, -0.05) is 30.9 Å². The summed E-state index contributed by atoms with van der Waals surface area (Å²) in [6.45, 7) is 0. The van der Waals surface area contributed by atoms with Crippen LogP contribution in [0, 0.1) is 5.82 Å². The molecular formula is C14H20ClFN2O. The van der Waals surface area contributed by atoms with Gasteiger partial charge < -0.3 is 4.74 Å². The molecule has 0 bridgehead atoms. The molecule has 5 heteroatoms. The molecule has 0 amide bonds. The van der Waals surface area contributed by atoms with Gasteiger partial charge in [0.15, 0.2) is 0 Å². The summed E-state index contributed by atoms with van der Waals surface area (Å²) < 4.78 is 19.2. The topological polar surface area (TPSA) is 47.3 Å². The standard InChI is InChI=1S/C14H20ClFN2O/c1-19-14(7-3-2-4-8-14)13(18-17)11-9-10(16)5-6-12(11)15/h5-6,9,13,18H,2-4,7-8,17H2,1H3. The van der Waals surface area contributed by atoms with Crippen LogP contribution < -0.4 is 11.3 Å². The fourth-order valence-electron chi connectivity index (χ4n) is 3.02. The van der Waals surface area contributed by atoms with Crippen LogP contribution in [-0.4, -0.2) is 12.7 Å². The highest BCUT2D eigenvalue weighted by molar-refractivity contribution is 6.31. The van der Waals surface area contributed by atoms with E-state index in [1.807, 2.05) is 0 Å². The van der Waals surface area contributed by atoms with Gasteiger partial charge in [0.2, 0.25) is 0 Å². The van der Waals surface area contributed by atoms with E-state index in [0.29, 0.717) is 10.6 Å². The fourth-order valence-corrected chi connectivity index (χ4v) is 3.25. The highest BCUT2D eigenvalue weighted by Crippen LogP contribution is 2.42. The lowest BCUT2D eigenvalue weighted by Gasteiger charge is -2.42. The Hall–Kier alpha value is -0.680. The number of benzene rings is 1. The van der Waals surface area contributed by atoms with Crippen molar-refractivity contribution in [3.63, 3.8) is 0 Å². The molecule has 1 fully saturated rings. The van der Waals surface area contributed by atoms with Gasteiger partial charge in [-0.15, -0.1) is 0 Å². The quantitative estimate of drug-likeness (QED) is 0.659. The van der Waals surface area contributed by atoms with Gasteiger partial charge in [-0.25, -0.2) is 4.39 Å². The summed E-state index contributed by atoms with van der Waals surface area (Å²) in [5.41, 5.74) is 3.02. The fraction of sp³-hybridized carbons (Fsp3) is 0.571. The minimum absolute atomic E-state index is 0.305. The third-order valence-electron chi connectivity index (χ3n) is 4.07. The summed E-state index contributed by atoms with van der Waals surface area (Å²) in [7, 11) is 1.68. The first-order chi connectivity index (χ1) is 9.13. The van der Waals surface area contributed by atoms with Crippen molar-refractivity contribution in [2.24, 2.45) is 5.84 Å².